The average molecular weight is 247 g/mol. The Balaban J connectivity index is 1.75. The molecule has 1 aromatic heterocycles. The topological polar surface area (TPSA) is 67.1 Å². The number of anilines is 2. The van der Waals surface area contributed by atoms with Crippen molar-refractivity contribution in [1.82, 2.24) is 9.97 Å². The standard InChI is InChI=1S/C13H21N5/c1-9-15-12(17-11-2-3-11)8-13(16-9)18-6-4-10(14)5-7-18/h8,10-11H,2-7,14H2,1H3,(H,15,16,17). The number of nitrogens with one attached hydrogen (secondary N) is 1. The number of piperidine rings is 1. The van der Waals surface area contributed by atoms with Gasteiger partial charge in [-0.05, 0) is 32.6 Å². The van der Waals surface area contributed by atoms with Crippen molar-refractivity contribution < 1.29 is 0 Å². The second-order valence-corrected chi connectivity index (χ2v) is 5.40. The first kappa shape index (κ1) is 11.7. The Hall–Kier alpha value is -1.36. The summed E-state index contributed by atoms with van der Waals surface area (Å²) in [5, 5.41) is 3.44. The van der Waals surface area contributed by atoms with Crippen LogP contribution in [0.15, 0.2) is 6.07 Å². The summed E-state index contributed by atoms with van der Waals surface area (Å²) in [5.74, 6) is 2.85. The van der Waals surface area contributed by atoms with Crippen LogP contribution < -0.4 is 16.0 Å². The molecule has 2 aliphatic rings. The molecule has 0 aromatic carbocycles. The summed E-state index contributed by atoms with van der Waals surface area (Å²) in [6.07, 6.45) is 4.62. The zero-order valence-electron chi connectivity index (χ0n) is 10.9. The largest absolute Gasteiger partial charge is 0.367 e. The maximum atomic E-state index is 5.94. The lowest BCUT2D eigenvalue weighted by Crippen LogP contribution is -2.40. The molecule has 3 N–H and O–H groups in total. The molecule has 0 spiro atoms. The Labute approximate surface area is 108 Å². The molecule has 1 aromatic rings. The van der Waals surface area contributed by atoms with Gasteiger partial charge in [0.05, 0.1) is 0 Å². The molecule has 98 valence electrons. The first-order valence-electron chi connectivity index (χ1n) is 6.83. The van der Waals surface area contributed by atoms with Gasteiger partial charge in [0.2, 0.25) is 0 Å². The van der Waals surface area contributed by atoms with Gasteiger partial charge in [0.1, 0.15) is 17.5 Å². The highest BCUT2D eigenvalue weighted by molar-refractivity contribution is 5.50. The summed E-state index contributed by atoms with van der Waals surface area (Å²) in [5.41, 5.74) is 5.94. The van der Waals surface area contributed by atoms with Crippen molar-refractivity contribution in [3.05, 3.63) is 11.9 Å². The van der Waals surface area contributed by atoms with Crippen LogP contribution in [-0.4, -0.2) is 35.1 Å². The average Bonchev–Trinajstić information content (AvgIpc) is 3.13. The third-order valence-electron chi connectivity index (χ3n) is 3.62. The lowest BCUT2D eigenvalue weighted by atomic mass is 10.1. The fraction of sp³-hybridized carbons (Fsp3) is 0.692. The molecular weight excluding hydrogens is 226 g/mol. The Morgan fingerprint density at radius 3 is 2.61 bits per heavy atom. The van der Waals surface area contributed by atoms with Gasteiger partial charge in [-0.15, -0.1) is 0 Å². The number of nitrogens with two attached hydrogens (primary N) is 1. The summed E-state index contributed by atoms with van der Waals surface area (Å²) in [6, 6.07) is 3.05. The van der Waals surface area contributed by atoms with Gasteiger partial charge in [-0.1, -0.05) is 0 Å². The van der Waals surface area contributed by atoms with Crippen LogP contribution in [0.2, 0.25) is 0 Å². The van der Waals surface area contributed by atoms with Crippen LogP contribution in [0.4, 0.5) is 11.6 Å². The van der Waals surface area contributed by atoms with Crippen molar-refractivity contribution >= 4 is 11.6 Å². The summed E-state index contributed by atoms with van der Waals surface area (Å²) >= 11 is 0. The summed E-state index contributed by atoms with van der Waals surface area (Å²) in [6.45, 7) is 3.96. The van der Waals surface area contributed by atoms with Gasteiger partial charge in [0, 0.05) is 31.2 Å². The van der Waals surface area contributed by atoms with Crippen LogP contribution in [0.5, 0.6) is 0 Å². The Morgan fingerprint density at radius 1 is 1.22 bits per heavy atom. The van der Waals surface area contributed by atoms with Crippen LogP contribution >= 0.6 is 0 Å². The number of hydrogen-bond donors (Lipinski definition) is 2. The molecule has 1 saturated carbocycles. The number of aryl methyl sites for hydroxylation is 1. The summed E-state index contributed by atoms with van der Waals surface area (Å²) in [7, 11) is 0. The van der Waals surface area contributed by atoms with Gasteiger partial charge in [-0.3, -0.25) is 0 Å². The zero-order chi connectivity index (χ0) is 12.5. The predicted octanol–water partition coefficient (Wildman–Crippen LogP) is 1.29. The second-order valence-electron chi connectivity index (χ2n) is 5.40. The minimum Gasteiger partial charge on any atom is -0.367 e. The quantitative estimate of drug-likeness (QED) is 0.842. The highest BCUT2D eigenvalue weighted by Crippen LogP contribution is 2.26. The van der Waals surface area contributed by atoms with Crippen molar-refractivity contribution in [2.24, 2.45) is 5.73 Å². The van der Waals surface area contributed by atoms with E-state index in [-0.39, 0.29) is 0 Å². The van der Waals surface area contributed by atoms with Gasteiger partial charge in [0.15, 0.2) is 0 Å². The second kappa shape index (κ2) is 4.72. The van der Waals surface area contributed by atoms with Crippen molar-refractivity contribution in [3.8, 4) is 0 Å². The molecule has 1 aliphatic heterocycles. The smallest absolute Gasteiger partial charge is 0.134 e. The van der Waals surface area contributed by atoms with E-state index in [2.05, 4.69) is 26.3 Å². The molecule has 5 nitrogen and oxygen atoms in total. The molecule has 0 radical (unpaired) electrons. The van der Waals surface area contributed by atoms with Crippen molar-refractivity contribution in [2.75, 3.05) is 23.3 Å². The van der Waals surface area contributed by atoms with E-state index in [1.165, 1.54) is 12.8 Å². The zero-order valence-corrected chi connectivity index (χ0v) is 10.9. The van der Waals surface area contributed by atoms with E-state index in [0.29, 0.717) is 12.1 Å². The molecule has 18 heavy (non-hydrogen) atoms. The predicted molar refractivity (Wildman–Crippen MR) is 72.8 cm³/mol. The highest BCUT2D eigenvalue weighted by Gasteiger charge is 2.23. The molecule has 1 aliphatic carbocycles. The molecular formula is C13H21N5. The van der Waals surface area contributed by atoms with Crippen LogP contribution in [-0.2, 0) is 0 Å². The van der Waals surface area contributed by atoms with Crippen molar-refractivity contribution in [3.63, 3.8) is 0 Å². The minimum atomic E-state index is 0.355. The van der Waals surface area contributed by atoms with E-state index in [0.717, 1.165) is 43.4 Å². The third kappa shape index (κ3) is 2.72. The highest BCUT2D eigenvalue weighted by atomic mass is 15.2. The van der Waals surface area contributed by atoms with Crippen LogP contribution in [0, 0.1) is 6.92 Å². The van der Waals surface area contributed by atoms with Gasteiger partial charge < -0.3 is 16.0 Å². The third-order valence-corrected chi connectivity index (χ3v) is 3.62. The van der Waals surface area contributed by atoms with Gasteiger partial charge >= 0.3 is 0 Å². The van der Waals surface area contributed by atoms with Crippen LogP contribution in [0.25, 0.3) is 0 Å². The molecule has 5 heteroatoms. The fourth-order valence-electron chi connectivity index (χ4n) is 2.35. The van der Waals surface area contributed by atoms with E-state index in [1.54, 1.807) is 0 Å². The molecule has 1 saturated heterocycles. The van der Waals surface area contributed by atoms with Crippen LogP contribution in [0.3, 0.4) is 0 Å². The Kier molecular flexibility index (Phi) is 3.07. The molecule has 2 fully saturated rings. The van der Waals surface area contributed by atoms with Crippen molar-refractivity contribution in [2.45, 2.75) is 44.7 Å². The van der Waals surface area contributed by atoms with Gasteiger partial charge in [0.25, 0.3) is 0 Å². The monoisotopic (exact) mass is 247 g/mol. The molecule has 0 unspecified atom stereocenters. The minimum absolute atomic E-state index is 0.355. The van der Waals surface area contributed by atoms with E-state index >= 15 is 0 Å². The summed E-state index contributed by atoms with van der Waals surface area (Å²) in [4.78, 5) is 11.3. The fourth-order valence-corrected chi connectivity index (χ4v) is 2.35. The maximum absolute atomic E-state index is 5.94. The van der Waals surface area contributed by atoms with Gasteiger partial charge in [-0.25, -0.2) is 9.97 Å². The Morgan fingerprint density at radius 2 is 1.94 bits per heavy atom. The summed E-state index contributed by atoms with van der Waals surface area (Å²) < 4.78 is 0. The van der Waals surface area contributed by atoms with Gasteiger partial charge in [-0.2, -0.15) is 0 Å². The first-order chi connectivity index (χ1) is 8.70. The maximum Gasteiger partial charge on any atom is 0.134 e. The molecule has 2 heterocycles. The van der Waals surface area contributed by atoms with E-state index in [1.807, 2.05) is 6.92 Å². The number of hydrogen-bond acceptors (Lipinski definition) is 5. The Bertz CT molecular complexity index is 421. The first-order valence-corrected chi connectivity index (χ1v) is 6.83. The normalized spacial score (nSPS) is 21.1. The lowest BCUT2D eigenvalue weighted by molar-refractivity contribution is 0.498. The van der Waals surface area contributed by atoms with E-state index in [4.69, 9.17) is 5.73 Å². The number of rotatable bonds is 3. The lowest BCUT2D eigenvalue weighted by Gasteiger charge is -2.31. The van der Waals surface area contributed by atoms with Crippen molar-refractivity contribution in [1.29, 1.82) is 0 Å². The molecule has 0 bridgehead atoms. The number of aromatic nitrogens is 2. The van der Waals surface area contributed by atoms with E-state index in [9.17, 15) is 0 Å². The molecule has 0 amide bonds. The molecule has 3 rings (SSSR count). The SMILES string of the molecule is Cc1nc(NC2CC2)cc(N2CCC(N)CC2)n1. The van der Waals surface area contributed by atoms with Crippen LogP contribution in [0.1, 0.15) is 31.5 Å². The van der Waals surface area contributed by atoms with E-state index < -0.39 is 0 Å². The molecule has 0 atom stereocenters. The number of nitrogens with zero attached hydrogens (tertiary/aromatic N) is 3.